The second-order valence-corrected chi connectivity index (χ2v) is 8.87. The summed E-state index contributed by atoms with van der Waals surface area (Å²) >= 11 is 7.48. The van der Waals surface area contributed by atoms with Crippen LogP contribution in [0.3, 0.4) is 0 Å². The SMILES string of the molecule is CC1CCCN(S(=O)(=O)c2c(CCl)sc3ccccc23)C1. The molecule has 2 heterocycles. The van der Waals surface area contributed by atoms with Crippen molar-refractivity contribution in [1.82, 2.24) is 4.31 Å². The molecule has 3 nitrogen and oxygen atoms in total. The Morgan fingerprint density at radius 2 is 2.14 bits per heavy atom. The van der Waals surface area contributed by atoms with E-state index in [9.17, 15) is 8.42 Å². The van der Waals surface area contributed by atoms with E-state index in [2.05, 4.69) is 6.92 Å². The van der Waals surface area contributed by atoms with Crippen LogP contribution in [0, 0.1) is 5.92 Å². The second kappa shape index (κ2) is 5.88. The maximum Gasteiger partial charge on any atom is 0.244 e. The second-order valence-electron chi connectivity index (χ2n) is 5.59. The van der Waals surface area contributed by atoms with Crippen molar-refractivity contribution in [2.45, 2.75) is 30.5 Å². The van der Waals surface area contributed by atoms with Crippen molar-refractivity contribution in [3.05, 3.63) is 29.1 Å². The molecule has 0 bridgehead atoms. The molecule has 6 heteroatoms. The molecule has 1 aliphatic heterocycles. The first kappa shape index (κ1) is 15.3. The molecule has 0 amide bonds. The Hall–Kier alpha value is -0.620. The number of rotatable bonds is 3. The zero-order valence-electron chi connectivity index (χ0n) is 11.9. The number of hydrogen-bond donors (Lipinski definition) is 0. The lowest BCUT2D eigenvalue weighted by Gasteiger charge is -2.30. The van der Waals surface area contributed by atoms with Gasteiger partial charge in [-0.2, -0.15) is 4.31 Å². The van der Waals surface area contributed by atoms with E-state index in [0.29, 0.717) is 23.9 Å². The van der Waals surface area contributed by atoms with Gasteiger partial charge < -0.3 is 0 Å². The third-order valence-corrected chi connectivity index (χ3v) is 7.68. The largest absolute Gasteiger partial charge is 0.244 e. The van der Waals surface area contributed by atoms with Gasteiger partial charge >= 0.3 is 0 Å². The molecule has 21 heavy (non-hydrogen) atoms. The van der Waals surface area contributed by atoms with E-state index in [4.69, 9.17) is 11.6 Å². The molecule has 1 aliphatic rings. The number of piperidine rings is 1. The van der Waals surface area contributed by atoms with Crippen LogP contribution in [0.15, 0.2) is 29.2 Å². The maximum atomic E-state index is 13.1. The number of hydrogen-bond acceptors (Lipinski definition) is 3. The van der Waals surface area contributed by atoms with Crippen molar-refractivity contribution in [3.8, 4) is 0 Å². The smallest absolute Gasteiger partial charge is 0.207 e. The third kappa shape index (κ3) is 2.72. The Morgan fingerprint density at radius 1 is 1.38 bits per heavy atom. The molecular weight excluding hydrogens is 326 g/mol. The Morgan fingerprint density at radius 3 is 2.86 bits per heavy atom. The molecular formula is C15H18ClNO2S2. The zero-order chi connectivity index (χ0) is 15.0. The van der Waals surface area contributed by atoms with Crippen molar-refractivity contribution in [2.24, 2.45) is 5.92 Å². The van der Waals surface area contributed by atoms with Crippen LogP contribution >= 0.6 is 22.9 Å². The molecule has 3 rings (SSSR count). The Kier molecular flexibility index (Phi) is 4.28. The molecule has 0 saturated carbocycles. The lowest BCUT2D eigenvalue weighted by atomic mass is 10.0. The molecule has 1 atom stereocenters. The van der Waals surface area contributed by atoms with Gasteiger partial charge in [-0.25, -0.2) is 8.42 Å². The standard InChI is InChI=1S/C15H18ClNO2S2/c1-11-5-4-8-17(10-11)21(18,19)15-12-6-2-3-7-13(12)20-14(15)9-16/h2-3,6-7,11H,4-5,8-10H2,1H3. The van der Waals surface area contributed by atoms with Gasteiger partial charge in [0, 0.05) is 28.1 Å². The van der Waals surface area contributed by atoms with E-state index < -0.39 is 10.0 Å². The fraction of sp³-hybridized carbons (Fsp3) is 0.467. The maximum absolute atomic E-state index is 13.1. The van der Waals surface area contributed by atoms with Crippen LogP contribution < -0.4 is 0 Å². The summed E-state index contributed by atoms with van der Waals surface area (Å²) in [5.74, 6) is 0.648. The molecule has 1 fully saturated rings. The molecule has 0 N–H and O–H groups in total. The number of halogens is 1. The van der Waals surface area contributed by atoms with Gasteiger partial charge in [-0.15, -0.1) is 22.9 Å². The molecule has 1 aromatic heterocycles. The summed E-state index contributed by atoms with van der Waals surface area (Å²) in [7, 11) is -3.46. The van der Waals surface area contributed by atoms with Crippen molar-refractivity contribution in [2.75, 3.05) is 13.1 Å². The summed E-state index contributed by atoms with van der Waals surface area (Å²) in [4.78, 5) is 1.17. The van der Waals surface area contributed by atoms with Gasteiger partial charge in [0.25, 0.3) is 0 Å². The summed E-state index contributed by atoms with van der Waals surface area (Å²) < 4.78 is 28.7. The van der Waals surface area contributed by atoms with Gasteiger partial charge in [0.2, 0.25) is 10.0 Å². The summed E-state index contributed by atoms with van der Waals surface area (Å²) in [6, 6.07) is 7.64. The third-order valence-electron chi connectivity index (χ3n) is 3.96. The first-order chi connectivity index (χ1) is 10.0. The lowest BCUT2D eigenvalue weighted by Crippen LogP contribution is -2.39. The van der Waals surface area contributed by atoms with E-state index in [0.717, 1.165) is 27.8 Å². The Labute approximate surface area is 134 Å². The van der Waals surface area contributed by atoms with Crippen LogP contribution in [0.25, 0.3) is 10.1 Å². The molecule has 1 unspecified atom stereocenters. The van der Waals surface area contributed by atoms with Crippen LogP contribution in [0.4, 0.5) is 0 Å². The topological polar surface area (TPSA) is 37.4 Å². The van der Waals surface area contributed by atoms with E-state index in [1.54, 1.807) is 4.31 Å². The van der Waals surface area contributed by atoms with Gasteiger partial charge in [0.15, 0.2) is 0 Å². The van der Waals surface area contributed by atoms with Crippen LogP contribution in [0.5, 0.6) is 0 Å². The van der Waals surface area contributed by atoms with Gasteiger partial charge in [-0.1, -0.05) is 25.1 Å². The highest BCUT2D eigenvalue weighted by Crippen LogP contribution is 2.38. The van der Waals surface area contributed by atoms with Gasteiger partial charge in [-0.3, -0.25) is 0 Å². The zero-order valence-corrected chi connectivity index (χ0v) is 14.3. The highest BCUT2D eigenvalue weighted by atomic mass is 35.5. The number of thiophene rings is 1. The molecule has 1 saturated heterocycles. The van der Waals surface area contributed by atoms with E-state index in [-0.39, 0.29) is 5.88 Å². The summed E-state index contributed by atoms with van der Waals surface area (Å²) in [5, 5.41) is 0.802. The van der Waals surface area contributed by atoms with Crippen LogP contribution in [-0.2, 0) is 15.9 Å². The predicted molar refractivity (Wildman–Crippen MR) is 88.5 cm³/mol. The fourth-order valence-corrected chi connectivity index (χ4v) is 6.66. The average Bonchev–Trinajstić information content (AvgIpc) is 2.86. The van der Waals surface area contributed by atoms with Crippen molar-refractivity contribution >= 4 is 43.0 Å². The molecule has 1 aromatic carbocycles. The van der Waals surface area contributed by atoms with Crippen LogP contribution in [0.1, 0.15) is 24.6 Å². The average molecular weight is 344 g/mol. The lowest BCUT2D eigenvalue weighted by molar-refractivity contribution is 0.281. The highest BCUT2D eigenvalue weighted by molar-refractivity contribution is 7.89. The minimum Gasteiger partial charge on any atom is -0.207 e. The van der Waals surface area contributed by atoms with Crippen molar-refractivity contribution in [1.29, 1.82) is 0 Å². The number of benzene rings is 1. The Bertz CT molecular complexity index is 754. The predicted octanol–water partition coefficient (Wildman–Crippen LogP) is 4.06. The first-order valence-electron chi connectivity index (χ1n) is 7.10. The number of nitrogens with zero attached hydrogens (tertiary/aromatic N) is 1. The first-order valence-corrected chi connectivity index (χ1v) is 9.89. The van der Waals surface area contributed by atoms with Crippen LogP contribution in [-0.4, -0.2) is 25.8 Å². The molecule has 2 aromatic rings. The van der Waals surface area contributed by atoms with Crippen LogP contribution in [0.2, 0.25) is 0 Å². The molecule has 0 radical (unpaired) electrons. The van der Waals surface area contributed by atoms with E-state index >= 15 is 0 Å². The quantitative estimate of drug-likeness (QED) is 0.788. The van der Waals surface area contributed by atoms with Crippen molar-refractivity contribution in [3.63, 3.8) is 0 Å². The van der Waals surface area contributed by atoms with E-state index in [1.165, 1.54) is 11.3 Å². The number of sulfonamides is 1. The Balaban J connectivity index is 2.14. The van der Waals surface area contributed by atoms with Crippen molar-refractivity contribution < 1.29 is 8.42 Å². The van der Waals surface area contributed by atoms with Gasteiger partial charge in [-0.05, 0) is 24.8 Å². The monoisotopic (exact) mass is 343 g/mol. The number of fused-ring (bicyclic) bond motifs is 1. The van der Waals surface area contributed by atoms with Gasteiger partial charge in [0.05, 0.1) is 5.88 Å². The molecule has 0 aliphatic carbocycles. The summed E-state index contributed by atoms with van der Waals surface area (Å²) in [6.07, 6.45) is 2.03. The number of alkyl halides is 1. The fourth-order valence-electron chi connectivity index (χ4n) is 2.94. The van der Waals surface area contributed by atoms with E-state index in [1.807, 2.05) is 24.3 Å². The minimum absolute atomic E-state index is 0.233. The molecule has 114 valence electrons. The molecule has 0 spiro atoms. The normalized spacial score (nSPS) is 21.0. The summed E-state index contributed by atoms with van der Waals surface area (Å²) in [6.45, 7) is 3.32. The minimum atomic E-state index is -3.46. The highest BCUT2D eigenvalue weighted by Gasteiger charge is 2.32. The van der Waals surface area contributed by atoms with Gasteiger partial charge in [0.1, 0.15) is 4.90 Å². The summed E-state index contributed by atoms with van der Waals surface area (Å²) in [5.41, 5.74) is 0.